The number of hydrogen-bond acceptors (Lipinski definition) is 4. The first-order chi connectivity index (χ1) is 9.01. The Labute approximate surface area is 117 Å². The molecule has 1 heterocycles. The molecule has 0 aliphatic carbocycles. The quantitative estimate of drug-likeness (QED) is 0.686. The maximum atomic E-state index is 11.5. The minimum absolute atomic E-state index is 0.586. The fraction of sp³-hybridized carbons (Fsp3) is 0.929. The van der Waals surface area contributed by atoms with Gasteiger partial charge in [0, 0.05) is 32.7 Å². The van der Waals surface area contributed by atoms with E-state index in [1.54, 1.807) is 6.92 Å². The highest BCUT2D eigenvalue weighted by Gasteiger charge is 2.35. The molecule has 0 aromatic heterocycles. The summed E-state index contributed by atoms with van der Waals surface area (Å²) in [5.41, 5.74) is -0.830. The summed E-state index contributed by atoms with van der Waals surface area (Å²) in [7, 11) is 0. The van der Waals surface area contributed by atoms with Gasteiger partial charge in [-0.15, -0.1) is 0 Å². The Balaban J connectivity index is 2.45. The zero-order valence-electron chi connectivity index (χ0n) is 12.6. The Morgan fingerprint density at radius 1 is 1.16 bits per heavy atom. The second-order valence-electron chi connectivity index (χ2n) is 5.68. The van der Waals surface area contributed by atoms with E-state index in [4.69, 9.17) is 0 Å². The van der Waals surface area contributed by atoms with Crippen LogP contribution in [0.25, 0.3) is 0 Å². The largest absolute Gasteiger partial charge is 0.480 e. The van der Waals surface area contributed by atoms with Crippen molar-refractivity contribution < 1.29 is 9.90 Å². The summed E-state index contributed by atoms with van der Waals surface area (Å²) < 4.78 is 0. The first kappa shape index (κ1) is 16.4. The van der Waals surface area contributed by atoms with Gasteiger partial charge in [-0.25, -0.2) is 0 Å². The second kappa shape index (κ2) is 7.82. The number of carboxylic acids is 1. The van der Waals surface area contributed by atoms with E-state index in [1.807, 2.05) is 0 Å². The Hall–Kier alpha value is -0.650. The monoisotopic (exact) mass is 271 g/mol. The average molecular weight is 271 g/mol. The SMILES string of the molecule is CCCNC(C)(CN1CCN(CCC)CC1)C(=O)O. The third-order valence-electron chi connectivity index (χ3n) is 3.78. The van der Waals surface area contributed by atoms with Crippen molar-refractivity contribution in [2.45, 2.75) is 39.2 Å². The summed E-state index contributed by atoms with van der Waals surface area (Å²) in [6, 6.07) is 0. The molecule has 19 heavy (non-hydrogen) atoms. The number of carbonyl (C=O) groups is 1. The predicted molar refractivity (Wildman–Crippen MR) is 77.5 cm³/mol. The fourth-order valence-electron chi connectivity index (χ4n) is 2.53. The zero-order chi connectivity index (χ0) is 14.3. The lowest BCUT2D eigenvalue weighted by Crippen LogP contribution is -2.59. The number of nitrogens with zero attached hydrogens (tertiary/aromatic N) is 2. The summed E-state index contributed by atoms with van der Waals surface area (Å²) >= 11 is 0. The van der Waals surface area contributed by atoms with Crippen molar-refractivity contribution in [3.8, 4) is 0 Å². The van der Waals surface area contributed by atoms with Gasteiger partial charge in [0.25, 0.3) is 0 Å². The van der Waals surface area contributed by atoms with E-state index in [9.17, 15) is 9.90 Å². The van der Waals surface area contributed by atoms with Crippen LogP contribution in [0, 0.1) is 0 Å². The van der Waals surface area contributed by atoms with Crippen molar-refractivity contribution in [3.05, 3.63) is 0 Å². The van der Waals surface area contributed by atoms with Crippen LogP contribution in [0.5, 0.6) is 0 Å². The molecule has 1 fully saturated rings. The highest BCUT2D eigenvalue weighted by molar-refractivity contribution is 5.78. The van der Waals surface area contributed by atoms with Crippen LogP contribution in [-0.2, 0) is 4.79 Å². The lowest BCUT2D eigenvalue weighted by atomic mass is 10.0. The molecule has 0 radical (unpaired) electrons. The molecule has 2 N–H and O–H groups in total. The number of carboxylic acid groups (broad SMARTS) is 1. The minimum Gasteiger partial charge on any atom is -0.480 e. The molecule has 1 unspecified atom stereocenters. The third-order valence-corrected chi connectivity index (χ3v) is 3.78. The van der Waals surface area contributed by atoms with Gasteiger partial charge in [-0.3, -0.25) is 9.69 Å². The highest BCUT2D eigenvalue weighted by atomic mass is 16.4. The summed E-state index contributed by atoms with van der Waals surface area (Å²) in [4.78, 5) is 16.2. The number of piperazine rings is 1. The molecule has 1 aliphatic rings. The molecule has 0 spiro atoms. The summed E-state index contributed by atoms with van der Waals surface area (Å²) in [5.74, 6) is -0.753. The van der Waals surface area contributed by atoms with Crippen LogP contribution in [0.1, 0.15) is 33.6 Å². The van der Waals surface area contributed by atoms with Crippen LogP contribution in [-0.4, -0.2) is 72.2 Å². The van der Waals surface area contributed by atoms with E-state index in [0.29, 0.717) is 6.54 Å². The molecule has 0 aromatic carbocycles. The first-order valence-electron chi connectivity index (χ1n) is 7.45. The molecular formula is C14H29N3O2. The van der Waals surface area contributed by atoms with Crippen molar-refractivity contribution in [1.29, 1.82) is 0 Å². The van der Waals surface area contributed by atoms with Crippen molar-refractivity contribution in [3.63, 3.8) is 0 Å². The maximum absolute atomic E-state index is 11.5. The van der Waals surface area contributed by atoms with Gasteiger partial charge in [0.05, 0.1) is 0 Å². The summed E-state index contributed by atoms with van der Waals surface area (Å²) in [6.45, 7) is 12.6. The van der Waals surface area contributed by atoms with E-state index in [1.165, 1.54) is 6.42 Å². The lowest BCUT2D eigenvalue weighted by molar-refractivity contribution is -0.145. The molecule has 0 saturated carbocycles. The fourth-order valence-corrected chi connectivity index (χ4v) is 2.53. The smallest absolute Gasteiger partial charge is 0.324 e. The van der Waals surface area contributed by atoms with Gasteiger partial charge in [0.1, 0.15) is 5.54 Å². The molecule has 1 atom stereocenters. The minimum atomic E-state index is -0.830. The van der Waals surface area contributed by atoms with Gasteiger partial charge in [-0.05, 0) is 32.9 Å². The molecule has 0 bridgehead atoms. The molecule has 0 aromatic rings. The number of hydrogen-bond donors (Lipinski definition) is 2. The molecular weight excluding hydrogens is 242 g/mol. The van der Waals surface area contributed by atoms with Crippen molar-refractivity contribution in [2.75, 3.05) is 45.8 Å². The van der Waals surface area contributed by atoms with Gasteiger partial charge in [0.2, 0.25) is 0 Å². The van der Waals surface area contributed by atoms with Crippen molar-refractivity contribution in [2.24, 2.45) is 0 Å². The zero-order valence-corrected chi connectivity index (χ0v) is 12.6. The topological polar surface area (TPSA) is 55.8 Å². The first-order valence-corrected chi connectivity index (χ1v) is 7.45. The molecule has 0 amide bonds. The van der Waals surface area contributed by atoms with E-state index in [0.717, 1.165) is 45.7 Å². The molecule has 5 heteroatoms. The standard InChI is InChI=1S/C14H29N3O2/c1-4-6-15-14(3,13(18)19)12-17-10-8-16(7-5-2)9-11-17/h15H,4-12H2,1-3H3,(H,18,19). The molecule has 1 aliphatic heterocycles. The van der Waals surface area contributed by atoms with Crippen molar-refractivity contribution >= 4 is 5.97 Å². The van der Waals surface area contributed by atoms with Crippen LogP contribution in [0.15, 0.2) is 0 Å². The van der Waals surface area contributed by atoms with Gasteiger partial charge in [-0.1, -0.05) is 13.8 Å². The Morgan fingerprint density at radius 3 is 2.21 bits per heavy atom. The molecule has 112 valence electrons. The summed E-state index contributed by atoms with van der Waals surface area (Å²) in [5, 5.41) is 12.6. The molecule has 5 nitrogen and oxygen atoms in total. The Kier molecular flexibility index (Phi) is 6.75. The van der Waals surface area contributed by atoms with Gasteiger partial charge < -0.3 is 15.3 Å². The summed E-state index contributed by atoms with van der Waals surface area (Å²) in [6.07, 6.45) is 2.14. The number of aliphatic carboxylic acids is 1. The number of nitrogens with one attached hydrogen (secondary N) is 1. The third kappa shape index (κ3) is 5.09. The van der Waals surface area contributed by atoms with E-state index < -0.39 is 11.5 Å². The lowest BCUT2D eigenvalue weighted by Gasteiger charge is -2.38. The van der Waals surface area contributed by atoms with E-state index in [-0.39, 0.29) is 0 Å². The van der Waals surface area contributed by atoms with Crippen LogP contribution in [0.4, 0.5) is 0 Å². The Bertz CT molecular complexity index is 278. The average Bonchev–Trinajstić information content (AvgIpc) is 2.39. The second-order valence-corrected chi connectivity index (χ2v) is 5.68. The van der Waals surface area contributed by atoms with E-state index >= 15 is 0 Å². The molecule has 1 saturated heterocycles. The van der Waals surface area contributed by atoms with E-state index in [2.05, 4.69) is 29.0 Å². The van der Waals surface area contributed by atoms with Crippen LogP contribution < -0.4 is 5.32 Å². The number of rotatable bonds is 8. The van der Waals surface area contributed by atoms with Crippen molar-refractivity contribution in [1.82, 2.24) is 15.1 Å². The van der Waals surface area contributed by atoms with Crippen LogP contribution in [0.3, 0.4) is 0 Å². The van der Waals surface area contributed by atoms with Crippen LogP contribution >= 0.6 is 0 Å². The van der Waals surface area contributed by atoms with Crippen LogP contribution in [0.2, 0.25) is 0 Å². The highest BCUT2D eigenvalue weighted by Crippen LogP contribution is 2.11. The van der Waals surface area contributed by atoms with Gasteiger partial charge in [-0.2, -0.15) is 0 Å². The predicted octanol–water partition coefficient (Wildman–Crippen LogP) is 0.857. The normalized spacial score (nSPS) is 21.2. The van der Waals surface area contributed by atoms with Gasteiger partial charge in [0.15, 0.2) is 0 Å². The Morgan fingerprint density at radius 2 is 1.74 bits per heavy atom. The van der Waals surface area contributed by atoms with Gasteiger partial charge >= 0.3 is 5.97 Å². The maximum Gasteiger partial charge on any atom is 0.324 e. The molecule has 1 rings (SSSR count).